The van der Waals surface area contributed by atoms with E-state index in [0.29, 0.717) is 6.54 Å². The molecule has 1 saturated heterocycles. The van der Waals surface area contributed by atoms with E-state index < -0.39 is 5.92 Å². The van der Waals surface area contributed by atoms with E-state index in [1.807, 2.05) is 54.6 Å². The molecule has 25 heavy (non-hydrogen) atoms. The van der Waals surface area contributed by atoms with Crippen molar-refractivity contribution in [3.63, 3.8) is 0 Å². The molecule has 2 atom stereocenters. The zero-order valence-corrected chi connectivity index (χ0v) is 14.4. The fourth-order valence-electron chi connectivity index (χ4n) is 3.37. The largest absolute Gasteiger partial charge is 0.496 e. The first kappa shape index (κ1) is 17.0. The van der Waals surface area contributed by atoms with Crippen LogP contribution in [0.5, 0.6) is 5.75 Å². The molecule has 2 amide bonds. The van der Waals surface area contributed by atoms with Crippen molar-refractivity contribution in [2.75, 3.05) is 14.2 Å². The van der Waals surface area contributed by atoms with Gasteiger partial charge in [-0.15, -0.1) is 0 Å². The summed E-state index contributed by atoms with van der Waals surface area (Å²) in [5.74, 6) is 0.223. The summed E-state index contributed by atoms with van der Waals surface area (Å²) in [6.07, 6.45) is 0.230. The molecule has 0 bridgehead atoms. The number of amides is 2. The Bertz CT molecular complexity index is 761. The molecule has 1 fully saturated rings. The average molecular weight is 338 g/mol. The zero-order valence-electron chi connectivity index (χ0n) is 14.4. The van der Waals surface area contributed by atoms with Crippen LogP contribution in [0.2, 0.25) is 0 Å². The van der Waals surface area contributed by atoms with Gasteiger partial charge in [-0.3, -0.25) is 9.59 Å². The molecular formula is C20H22N2O3. The Labute approximate surface area is 147 Å². The summed E-state index contributed by atoms with van der Waals surface area (Å²) in [5, 5.41) is 2.96. The molecule has 130 valence electrons. The molecule has 1 heterocycles. The van der Waals surface area contributed by atoms with Crippen LogP contribution in [0.25, 0.3) is 0 Å². The standard InChI is InChI=1S/C20H22N2O3/c1-22-18(23)12-16(19(22)14-8-4-3-5-9-14)20(24)21-13-15-10-6-7-11-17(15)25-2/h3-11,16,19H,12-13H2,1-2H3,(H,21,24)/t16-,19-/m0/s1. The lowest BCUT2D eigenvalue weighted by atomic mass is 9.93. The third kappa shape index (κ3) is 3.50. The van der Waals surface area contributed by atoms with Crippen LogP contribution in [0, 0.1) is 5.92 Å². The van der Waals surface area contributed by atoms with Crippen LogP contribution >= 0.6 is 0 Å². The van der Waals surface area contributed by atoms with E-state index in [1.54, 1.807) is 19.1 Å². The van der Waals surface area contributed by atoms with Crippen molar-refractivity contribution in [3.8, 4) is 5.75 Å². The van der Waals surface area contributed by atoms with Crippen LogP contribution in [0.4, 0.5) is 0 Å². The lowest BCUT2D eigenvalue weighted by Crippen LogP contribution is -2.34. The van der Waals surface area contributed by atoms with Crippen molar-refractivity contribution in [2.24, 2.45) is 5.92 Å². The van der Waals surface area contributed by atoms with E-state index in [9.17, 15) is 9.59 Å². The Morgan fingerprint density at radius 3 is 2.56 bits per heavy atom. The number of nitrogens with zero attached hydrogens (tertiary/aromatic N) is 1. The summed E-state index contributed by atoms with van der Waals surface area (Å²) in [5.41, 5.74) is 1.89. The third-order valence-corrected chi connectivity index (χ3v) is 4.71. The van der Waals surface area contributed by atoms with Gasteiger partial charge in [0.15, 0.2) is 0 Å². The summed E-state index contributed by atoms with van der Waals surface area (Å²) < 4.78 is 5.31. The van der Waals surface area contributed by atoms with Gasteiger partial charge in [0.1, 0.15) is 5.75 Å². The van der Waals surface area contributed by atoms with Gasteiger partial charge < -0.3 is 15.0 Å². The molecule has 5 nitrogen and oxygen atoms in total. The van der Waals surface area contributed by atoms with Crippen LogP contribution in [-0.2, 0) is 16.1 Å². The Morgan fingerprint density at radius 2 is 1.84 bits per heavy atom. The van der Waals surface area contributed by atoms with Crippen LogP contribution in [-0.4, -0.2) is 30.9 Å². The van der Waals surface area contributed by atoms with E-state index >= 15 is 0 Å². The lowest BCUT2D eigenvalue weighted by Gasteiger charge is -2.25. The fourth-order valence-corrected chi connectivity index (χ4v) is 3.37. The fraction of sp³-hybridized carbons (Fsp3) is 0.300. The Hall–Kier alpha value is -2.82. The van der Waals surface area contributed by atoms with Crippen molar-refractivity contribution in [1.29, 1.82) is 0 Å². The van der Waals surface area contributed by atoms with E-state index in [4.69, 9.17) is 4.74 Å². The Kier molecular flexibility index (Phi) is 5.03. The maximum absolute atomic E-state index is 12.8. The predicted molar refractivity (Wildman–Crippen MR) is 94.9 cm³/mol. The summed E-state index contributed by atoms with van der Waals surface area (Å²) in [6, 6.07) is 17.0. The number of hydrogen-bond acceptors (Lipinski definition) is 3. The van der Waals surface area contributed by atoms with Crippen LogP contribution < -0.4 is 10.1 Å². The second-order valence-electron chi connectivity index (χ2n) is 6.20. The first-order chi connectivity index (χ1) is 12.1. The third-order valence-electron chi connectivity index (χ3n) is 4.71. The number of para-hydroxylation sites is 1. The summed E-state index contributed by atoms with van der Waals surface area (Å²) in [7, 11) is 3.37. The SMILES string of the molecule is COc1ccccc1CNC(=O)[C@H]1CC(=O)N(C)[C@H]1c1ccccc1. The molecule has 1 aliphatic rings. The molecule has 1 N–H and O–H groups in total. The van der Waals surface area contributed by atoms with Gasteiger partial charge >= 0.3 is 0 Å². The highest BCUT2D eigenvalue weighted by Crippen LogP contribution is 2.37. The van der Waals surface area contributed by atoms with Crippen LogP contribution in [0.15, 0.2) is 54.6 Å². The monoisotopic (exact) mass is 338 g/mol. The Morgan fingerprint density at radius 1 is 1.16 bits per heavy atom. The highest BCUT2D eigenvalue weighted by molar-refractivity contribution is 5.90. The number of carbonyl (C=O) groups is 2. The number of rotatable bonds is 5. The van der Waals surface area contributed by atoms with Gasteiger partial charge in [-0.05, 0) is 11.6 Å². The van der Waals surface area contributed by atoms with Gasteiger partial charge in [-0.1, -0.05) is 48.5 Å². The van der Waals surface area contributed by atoms with E-state index in [2.05, 4.69) is 5.32 Å². The second kappa shape index (κ2) is 7.38. The second-order valence-corrected chi connectivity index (χ2v) is 6.20. The first-order valence-corrected chi connectivity index (χ1v) is 8.32. The molecular weight excluding hydrogens is 316 g/mol. The average Bonchev–Trinajstić information content (AvgIpc) is 2.95. The minimum Gasteiger partial charge on any atom is -0.496 e. The van der Waals surface area contributed by atoms with Crippen molar-refractivity contribution in [2.45, 2.75) is 19.0 Å². The Balaban J connectivity index is 1.75. The summed E-state index contributed by atoms with van der Waals surface area (Å²) >= 11 is 0. The van der Waals surface area contributed by atoms with Gasteiger partial charge in [0.05, 0.1) is 19.1 Å². The highest BCUT2D eigenvalue weighted by Gasteiger charge is 2.42. The minimum atomic E-state index is -0.394. The number of carbonyl (C=O) groups excluding carboxylic acids is 2. The number of ether oxygens (including phenoxy) is 1. The number of nitrogens with one attached hydrogen (secondary N) is 1. The molecule has 0 aromatic heterocycles. The molecule has 3 rings (SSSR count). The molecule has 0 radical (unpaired) electrons. The van der Waals surface area contributed by atoms with Crippen LogP contribution in [0.3, 0.4) is 0 Å². The number of benzene rings is 2. The van der Waals surface area contributed by atoms with Crippen molar-refractivity contribution in [1.82, 2.24) is 10.2 Å². The van der Waals surface area contributed by atoms with Crippen molar-refractivity contribution in [3.05, 3.63) is 65.7 Å². The predicted octanol–water partition coefficient (Wildman–Crippen LogP) is 2.53. The van der Waals surface area contributed by atoms with Gasteiger partial charge in [0.25, 0.3) is 0 Å². The molecule has 5 heteroatoms. The lowest BCUT2D eigenvalue weighted by molar-refractivity contribution is -0.128. The maximum Gasteiger partial charge on any atom is 0.226 e. The molecule has 0 aliphatic carbocycles. The van der Waals surface area contributed by atoms with Gasteiger partial charge in [-0.25, -0.2) is 0 Å². The van der Waals surface area contributed by atoms with Gasteiger partial charge in [0.2, 0.25) is 11.8 Å². The topological polar surface area (TPSA) is 58.6 Å². The van der Waals surface area contributed by atoms with Gasteiger partial charge in [-0.2, -0.15) is 0 Å². The number of hydrogen-bond donors (Lipinski definition) is 1. The molecule has 0 spiro atoms. The molecule has 0 saturated carbocycles. The molecule has 0 unspecified atom stereocenters. The summed E-state index contributed by atoms with van der Waals surface area (Å²) in [6.45, 7) is 0.374. The molecule has 2 aromatic rings. The smallest absolute Gasteiger partial charge is 0.226 e. The minimum absolute atomic E-state index is 0.00806. The van der Waals surface area contributed by atoms with E-state index in [0.717, 1.165) is 16.9 Å². The van der Waals surface area contributed by atoms with E-state index in [-0.39, 0.29) is 24.3 Å². The number of likely N-dealkylation sites (tertiary alicyclic amines) is 1. The number of methoxy groups -OCH3 is 1. The molecule has 2 aromatic carbocycles. The quantitative estimate of drug-likeness (QED) is 0.911. The van der Waals surface area contributed by atoms with Crippen LogP contribution in [0.1, 0.15) is 23.6 Å². The highest BCUT2D eigenvalue weighted by atomic mass is 16.5. The van der Waals surface area contributed by atoms with Crippen molar-refractivity contribution < 1.29 is 14.3 Å². The first-order valence-electron chi connectivity index (χ1n) is 8.32. The maximum atomic E-state index is 12.8. The van der Waals surface area contributed by atoms with E-state index in [1.165, 1.54) is 0 Å². The van der Waals surface area contributed by atoms with Gasteiger partial charge in [0, 0.05) is 25.6 Å². The normalized spacial score (nSPS) is 19.8. The summed E-state index contributed by atoms with van der Waals surface area (Å²) in [4.78, 5) is 26.6. The molecule has 1 aliphatic heterocycles. The zero-order chi connectivity index (χ0) is 17.8. The van der Waals surface area contributed by atoms with Crippen molar-refractivity contribution >= 4 is 11.8 Å².